The largest absolute Gasteiger partial charge is 0.353 e. The number of piperazine rings is 1. The zero-order valence-corrected chi connectivity index (χ0v) is 19.6. The van der Waals surface area contributed by atoms with Crippen LogP contribution in [0.25, 0.3) is 10.9 Å². The lowest BCUT2D eigenvalue weighted by Gasteiger charge is -2.35. The second kappa shape index (κ2) is 8.92. The molecule has 1 fully saturated rings. The lowest BCUT2D eigenvalue weighted by molar-refractivity contribution is 0.0642. The third-order valence-corrected chi connectivity index (χ3v) is 6.88. The maximum atomic E-state index is 13.3. The van der Waals surface area contributed by atoms with Gasteiger partial charge in [-0.15, -0.1) is 0 Å². The second-order valence-electron chi connectivity index (χ2n) is 9.08. The van der Waals surface area contributed by atoms with E-state index in [-0.39, 0.29) is 24.3 Å². The summed E-state index contributed by atoms with van der Waals surface area (Å²) in [5, 5.41) is 1.10. The molecule has 3 heterocycles. The van der Waals surface area contributed by atoms with Crippen LogP contribution in [0.4, 0.5) is 5.82 Å². The van der Waals surface area contributed by atoms with E-state index in [4.69, 9.17) is 4.98 Å². The molecule has 0 spiro atoms. The Hall–Kier alpha value is -4.52. The molecule has 0 atom stereocenters. The van der Waals surface area contributed by atoms with Gasteiger partial charge < -0.3 is 9.80 Å². The number of nitrogens with zero attached hydrogens (tertiary/aromatic N) is 4. The van der Waals surface area contributed by atoms with E-state index in [1.807, 2.05) is 60.7 Å². The third-order valence-electron chi connectivity index (χ3n) is 6.88. The van der Waals surface area contributed by atoms with Crippen molar-refractivity contribution in [2.45, 2.75) is 6.54 Å². The molecule has 1 aromatic heterocycles. The minimum atomic E-state index is -0.360. The average molecular weight is 477 g/mol. The molecule has 0 saturated carbocycles. The van der Waals surface area contributed by atoms with Gasteiger partial charge in [0.1, 0.15) is 5.82 Å². The summed E-state index contributed by atoms with van der Waals surface area (Å²) < 4.78 is 0. The van der Waals surface area contributed by atoms with E-state index in [1.165, 1.54) is 4.90 Å². The average Bonchev–Trinajstić information content (AvgIpc) is 3.17. The van der Waals surface area contributed by atoms with Crippen molar-refractivity contribution >= 4 is 34.4 Å². The molecule has 6 rings (SSSR count). The smallest absolute Gasteiger partial charge is 0.261 e. The maximum Gasteiger partial charge on any atom is 0.261 e. The van der Waals surface area contributed by atoms with E-state index in [2.05, 4.69) is 11.0 Å². The summed E-state index contributed by atoms with van der Waals surface area (Å²) in [4.78, 5) is 49.1. The number of amides is 3. The van der Waals surface area contributed by atoms with Crippen molar-refractivity contribution in [3.05, 3.63) is 107 Å². The molecule has 0 radical (unpaired) electrons. The Bertz CT molecular complexity index is 1490. The number of rotatable bonds is 4. The molecule has 1 saturated heterocycles. The lowest BCUT2D eigenvalue weighted by atomic mass is 10.0. The first-order valence-electron chi connectivity index (χ1n) is 12.0. The molecule has 4 aromatic rings. The van der Waals surface area contributed by atoms with Crippen LogP contribution in [-0.2, 0) is 6.54 Å². The van der Waals surface area contributed by atoms with Crippen LogP contribution in [0.2, 0.25) is 0 Å². The van der Waals surface area contributed by atoms with E-state index >= 15 is 0 Å². The lowest BCUT2D eigenvalue weighted by Crippen LogP contribution is -2.49. The fourth-order valence-electron chi connectivity index (χ4n) is 4.89. The fourth-order valence-corrected chi connectivity index (χ4v) is 4.89. The second-order valence-corrected chi connectivity index (χ2v) is 9.08. The summed E-state index contributed by atoms with van der Waals surface area (Å²) in [5.74, 6) is 0.0849. The molecule has 0 aliphatic carbocycles. The molecular formula is C29H24N4O3. The topological polar surface area (TPSA) is 73.8 Å². The summed E-state index contributed by atoms with van der Waals surface area (Å²) in [6.45, 7) is 2.66. The van der Waals surface area contributed by atoms with Gasteiger partial charge in [-0.2, -0.15) is 0 Å². The van der Waals surface area contributed by atoms with Crippen molar-refractivity contribution in [1.82, 2.24) is 14.8 Å². The Morgan fingerprint density at radius 2 is 1.47 bits per heavy atom. The van der Waals surface area contributed by atoms with Crippen molar-refractivity contribution in [1.29, 1.82) is 0 Å². The van der Waals surface area contributed by atoms with Crippen LogP contribution in [0.3, 0.4) is 0 Å². The fraction of sp³-hybridized carbons (Fsp3) is 0.172. The Morgan fingerprint density at radius 1 is 0.750 bits per heavy atom. The zero-order valence-electron chi connectivity index (χ0n) is 19.6. The summed E-state index contributed by atoms with van der Waals surface area (Å²) >= 11 is 0. The van der Waals surface area contributed by atoms with E-state index in [0.717, 1.165) is 22.3 Å². The number of hydrogen-bond acceptors (Lipinski definition) is 5. The molecule has 178 valence electrons. The van der Waals surface area contributed by atoms with E-state index in [0.29, 0.717) is 42.9 Å². The predicted octanol–water partition coefficient (Wildman–Crippen LogP) is 3.99. The van der Waals surface area contributed by atoms with Crippen molar-refractivity contribution in [2.75, 3.05) is 31.1 Å². The van der Waals surface area contributed by atoms with Gasteiger partial charge >= 0.3 is 0 Å². The quantitative estimate of drug-likeness (QED) is 0.417. The number of benzene rings is 3. The van der Waals surface area contributed by atoms with Gasteiger partial charge in [0.05, 0.1) is 23.2 Å². The summed E-state index contributed by atoms with van der Waals surface area (Å²) in [5.41, 5.74) is 2.89. The Morgan fingerprint density at radius 3 is 2.28 bits per heavy atom. The molecule has 3 amide bonds. The van der Waals surface area contributed by atoms with Crippen LogP contribution in [0.5, 0.6) is 0 Å². The highest BCUT2D eigenvalue weighted by molar-refractivity contribution is 6.22. The van der Waals surface area contributed by atoms with Gasteiger partial charge in [-0.25, -0.2) is 4.98 Å². The molecule has 0 unspecified atom stereocenters. The van der Waals surface area contributed by atoms with Crippen LogP contribution in [0, 0.1) is 0 Å². The highest BCUT2D eigenvalue weighted by Gasteiger charge is 2.36. The van der Waals surface area contributed by atoms with E-state index in [9.17, 15) is 14.4 Å². The first kappa shape index (κ1) is 22.0. The molecule has 2 aliphatic heterocycles. The van der Waals surface area contributed by atoms with Crippen molar-refractivity contribution < 1.29 is 14.4 Å². The first-order valence-corrected chi connectivity index (χ1v) is 12.0. The molecule has 7 nitrogen and oxygen atoms in total. The van der Waals surface area contributed by atoms with Crippen LogP contribution < -0.4 is 4.90 Å². The van der Waals surface area contributed by atoms with Gasteiger partial charge in [0.25, 0.3) is 17.7 Å². The molecular weight excluding hydrogens is 452 g/mol. The number of imide groups is 1. The zero-order chi connectivity index (χ0) is 24.6. The minimum Gasteiger partial charge on any atom is -0.353 e. The van der Waals surface area contributed by atoms with Crippen molar-refractivity contribution in [2.24, 2.45) is 0 Å². The van der Waals surface area contributed by atoms with Crippen LogP contribution in [0.15, 0.2) is 84.9 Å². The van der Waals surface area contributed by atoms with Crippen molar-refractivity contribution in [3.63, 3.8) is 0 Å². The third kappa shape index (κ3) is 3.88. The molecule has 0 N–H and O–H groups in total. The van der Waals surface area contributed by atoms with Crippen LogP contribution in [0.1, 0.15) is 36.6 Å². The Labute approximate surface area is 208 Å². The van der Waals surface area contributed by atoms with Crippen LogP contribution >= 0.6 is 0 Å². The monoisotopic (exact) mass is 476 g/mol. The number of carbonyl (C=O) groups excluding carboxylic acids is 3. The molecule has 36 heavy (non-hydrogen) atoms. The SMILES string of the molecule is O=C(c1ccc2c(c1)C(=O)N(Cc1ccccc1)C2=O)N1CCN(c2ccc3ccccc3n2)CC1. The summed E-state index contributed by atoms with van der Waals surface area (Å²) in [6, 6.07) is 26.3. The number of hydrogen-bond donors (Lipinski definition) is 0. The van der Waals surface area contributed by atoms with Gasteiger partial charge in [-0.3, -0.25) is 19.3 Å². The summed E-state index contributed by atoms with van der Waals surface area (Å²) in [6.07, 6.45) is 0. The molecule has 3 aromatic carbocycles. The number of para-hydroxylation sites is 1. The minimum absolute atomic E-state index is 0.134. The Balaban J connectivity index is 1.15. The standard InChI is InChI=1S/C29H24N4O3/c34-27(32-16-14-31(15-17-32)26-13-11-21-8-4-5-9-25(21)30-26)22-10-12-23-24(18-22)29(36)33(28(23)35)19-20-6-2-1-3-7-20/h1-13,18H,14-17,19H2. The Kier molecular flexibility index (Phi) is 5.45. The number of carbonyl (C=O) groups is 3. The maximum absolute atomic E-state index is 13.3. The van der Waals surface area contributed by atoms with Gasteiger partial charge in [0.2, 0.25) is 0 Å². The normalized spacial score (nSPS) is 15.5. The van der Waals surface area contributed by atoms with E-state index < -0.39 is 0 Å². The highest BCUT2D eigenvalue weighted by atomic mass is 16.2. The first-order chi connectivity index (χ1) is 17.6. The number of anilines is 1. The number of pyridine rings is 1. The van der Waals surface area contributed by atoms with Crippen LogP contribution in [-0.4, -0.2) is 58.7 Å². The summed E-state index contributed by atoms with van der Waals surface area (Å²) in [7, 11) is 0. The predicted molar refractivity (Wildman–Crippen MR) is 137 cm³/mol. The molecule has 2 aliphatic rings. The molecule has 0 bridgehead atoms. The van der Waals surface area contributed by atoms with E-state index in [1.54, 1.807) is 23.1 Å². The number of aromatic nitrogens is 1. The van der Waals surface area contributed by atoms with Gasteiger partial charge in [0.15, 0.2) is 0 Å². The molecule has 7 heteroatoms. The highest BCUT2D eigenvalue weighted by Crippen LogP contribution is 2.27. The van der Waals surface area contributed by atoms with Gasteiger partial charge in [0, 0.05) is 37.1 Å². The number of fused-ring (bicyclic) bond motifs is 2. The van der Waals surface area contributed by atoms with Gasteiger partial charge in [-0.1, -0.05) is 48.5 Å². The van der Waals surface area contributed by atoms with Gasteiger partial charge in [-0.05, 0) is 42.0 Å². The van der Waals surface area contributed by atoms with Crippen molar-refractivity contribution in [3.8, 4) is 0 Å².